The zero-order chi connectivity index (χ0) is 9.52. The third-order valence-electron chi connectivity index (χ3n) is 1.34. The second kappa shape index (κ2) is 6.07. The van der Waals surface area contributed by atoms with Crippen LogP contribution in [-0.2, 0) is 0 Å². The van der Waals surface area contributed by atoms with E-state index in [1.54, 1.807) is 33.9 Å². The lowest BCUT2D eigenvalue weighted by atomic mass is 10.4. The Labute approximate surface area is 85.9 Å². The van der Waals surface area contributed by atoms with Crippen molar-refractivity contribution in [3.63, 3.8) is 0 Å². The van der Waals surface area contributed by atoms with Crippen molar-refractivity contribution in [2.45, 2.75) is 10.3 Å². The fourth-order valence-corrected chi connectivity index (χ4v) is 2.63. The number of pyridine rings is 1. The smallest absolute Gasteiger partial charge is 0.106 e. The van der Waals surface area contributed by atoms with Crippen molar-refractivity contribution < 1.29 is 5.11 Å². The van der Waals surface area contributed by atoms with Gasteiger partial charge in [0.15, 0.2) is 0 Å². The van der Waals surface area contributed by atoms with Crippen molar-refractivity contribution in [1.29, 1.82) is 0 Å². The molecule has 4 heteroatoms. The maximum absolute atomic E-state index is 8.88. The van der Waals surface area contributed by atoms with Crippen LogP contribution in [0.4, 0.5) is 0 Å². The number of nitrogens with zero attached hydrogens (tertiary/aromatic N) is 1. The summed E-state index contributed by atoms with van der Waals surface area (Å²) in [6.45, 7) is 3.75. The lowest BCUT2D eigenvalue weighted by molar-refractivity contribution is 0.307. The summed E-state index contributed by atoms with van der Waals surface area (Å²) in [5, 5.41) is 9.91. The Morgan fingerprint density at radius 3 is 3.00 bits per heavy atom. The van der Waals surface area contributed by atoms with Crippen molar-refractivity contribution in [3.8, 4) is 0 Å². The molecule has 1 rings (SSSR count). The van der Waals surface area contributed by atoms with Crippen LogP contribution in [0.25, 0.3) is 0 Å². The SMILES string of the molecule is C=CC(CO)SSc1ccccn1. The molecule has 1 aromatic heterocycles. The number of hydrogen-bond donors (Lipinski definition) is 1. The molecule has 1 unspecified atom stereocenters. The Balaban J connectivity index is 2.38. The van der Waals surface area contributed by atoms with Crippen LogP contribution in [0.2, 0.25) is 0 Å². The van der Waals surface area contributed by atoms with Gasteiger partial charge in [0.1, 0.15) is 5.03 Å². The summed E-state index contributed by atoms with van der Waals surface area (Å²) in [6.07, 6.45) is 3.49. The van der Waals surface area contributed by atoms with Gasteiger partial charge in [0.25, 0.3) is 0 Å². The van der Waals surface area contributed by atoms with E-state index in [0.29, 0.717) is 0 Å². The van der Waals surface area contributed by atoms with Gasteiger partial charge in [-0.05, 0) is 22.9 Å². The molecule has 13 heavy (non-hydrogen) atoms. The zero-order valence-electron chi connectivity index (χ0n) is 7.09. The van der Waals surface area contributed by atoms with Crippen molar-refractivity contribution in [1.82, 2.24) is 4.98 Å². The highest BCUT2D eigenvalue weighted by atomic mass is 33.1. The molecule has 2 nitrogen and oxygen atoms in total. The molecule has 0 aromatic carbocycles. The summed E-state index contributed by atoms with van der Waals surface area (Å²) < 4.78 is 0. The minimum Gasteiger partial charge on any atom is -0.395 e. The van der Waals surface area contributed by atoms with Crippen molar-refractivity contribution in [2.75, 3.05) is 6.61 Å². The highest BCUT2D eigenvalue weighted by molar-refractivity contribution is 8.77. The van der Waals surface area contributed by atoms with Gasteiger partial charge in [-0.2, -0.15) is 0 Å². The van der Waals surface area contributed by atoms with Gasteiger partial charge < -0.3 is 5.11 Å². The van der Waals surface area contributed by atoms with E-state index in [1.165, 1.54) is 0 Å². The Hall–Kier alpha value is -0.450. The number of aliphatic hydroxyl groups is 1. The number of aliphatic hydroxyl groups excluding tert-OH is 1. The van der Waals surface area contributed by atoms with Crippen LogP contribution in [0.3, 0.4) is 0 Å². The normalized spacial score (nSPS) is 12.4. The largest absolute Gasteiger partial charge is 0.395 e. The fourth-order valence-electron chi connectivity index (χ4n) is 0.652. The molecule has 70 valence electrons. The van der Waals surface area contributed by atoms with Crippen LogP contribution >= 0.6 is 21.6 Å². The van der Waals surface area contributed by atoms with Crippen molar-refractivity contribution in [2.24, 2.45) is 0 Å². The first kappa shape index (κ1) is 10.6. The lowest BCUT2D eigenvalue weighted by Gasteiger charge is -2.05. The molecule has 0 aliphatic rings. The minimum absolute atomic E-state index is 0.0759. The van der Waals surface area contributed by atoms with Crippen LogP contribution < -0.4 is 0 Å². The van der Waals surface area contributed by atoms with Crippen LogP contribution in [0, 0.1) is 0 Å². The third kappa shape index (κ3) is 3.85. The second-order valence-corrected chi connectivity index (χ2v) is 4.76. The minimum atomic E-state index is 0.0759. The van der Waals surface area contributed by atoms with Crippen LogP contribution in [0.5, 0.6) is 0 Å². The molecule has 0 radical (unpaired) electrons. The molecule has 1 N–H and O–H groups in total. The topological polar surface area (TPSA) is 33.1 Å². The molecule has 0 bridgehead atoms. The first-order valence-corrected chi connectivity index (χ1v) is 6.06. The summed E-state index contributed by atoms with van der Waals surface area (Å²) in [6, 6.07) is 5.76. The molecule has 0 saturated heterocycles. The zero-order valence-corrected chi connectivity index (χ0v) is 8.72. The second-order valence-electron chi connectivity index (χ2n) is 2.30. The van der Waals surface area contributed by atoms with Gasteiger partial charge in [-0.3, -0.25) is 0 Å². The van der Waals surface area contributed by atoms with Crippen LogP contribution in [0.1, 0.15) is 0 Å². The van der Waals surface area contributed by atoms with E-state index in [1.807, 2.05) is 18.2 Å². The van der Waals surface area contributed by atoms with Gasteiger partial charge in [-0.15, -0.1) is 6.58 Å². The molecule has 0 spiro atoms. The number of rotatable bonds is 5. The van der Waals surface area contributed by atoms with E-state index in [2.05, 4.69) is 11.6 Å². The molecule has 0 aliphatic carbocycles. The molecule has 1 aromatic rings. The molecule has 1 atom stereocenters. The quantitative estimate of drug-likeness (QED) is 0.601. The van der Waals surface area contributed by atoms with E-state index in [9.17, 15) is 0 Å². The molecule has 0 amide bonds. The average Bonchev–Trinajstić information content (AvgIpc) is 2.21. The van der Waals surface area contributed by atoms with E-state index >= 15 is 0 Å². The summed E-state index contributed by atoms with van der Waals surface area (Å²) in [5.41, 5.74) is 0. The van der Waals surface area contributed by atoms with Gasteiger partial charge in [-0.25, -0.2) is 4.98 Å². The molecule has 0 aliphatic heterocycles. The number of aromatic nitrogens is 1. The Bertz CT molecular complexity index is 253. The maximum atomic E-state index is 8.88. The van der Waals surface area contributed by atoms with Gasteiger partial charge in [-0.1, -0.05) is 22.9 Å². The Morgan fingerprint density at radius 2 is 2.46 bits per heavy atom. The van der Waals surface area contributed by atoms with Gasteiger partial charge in [0.2, 0.25) is 0 Å². The van der Waals surface area contributed by atoms with Crippen molar-refractivity contribution >= 4 is 21.6 Å². The van der Waals surface area contributed by atoms with Gasteiger partial charge in [0.05, 0.1) is 11.9 Å². The predicted molar refractivity (Wildman–Crippen MR) is 58.8 cm³/mol. The van der Waals surface area contributed by atoms with Gasteiger partial charge >= 0.3 is 0 Å². The molecular weight excluding hydrogens is 202 g/mol. The summed E-state index contributed by atoms with van der Waals surface area (Å²) >= 11 is 0. The standard InChI is InChI=1S/C9H11NOS2/c1-2-8(7-11)12-13-9-5-3-4-6-10-9/h2-6,8,11H,1,7H2. The molecular formula is C9H11NOS2. The number of hydrogen-bond acceptors (Lipinski definition) is 4. The van der Waals surface area contributed by atoms with E-state index in [4.69, 9.17) is 5.11 Å². The van der Waals surface area contributed by atoms with Gasteiger partial charge in [0, 0.05) is 6.20 Å². The van der Waals surface area contributed by atoms with E-state index < -0.39 is 0 Å². The predicted octanol–water partition coefficient (Wildman–Crippen LogP) is 2.37. The highest BCUT2D eigenvalue weighted by Gasteiger charge is 2.03. The average molecular weight is 213 g/mol. The summed E-state index contributed by atoms with van der Waals surface area (Å²) in [4.78, 5) is 4.15. The van der Waals surface area contributed by atoms with Crippen LogP contribution in [-0.4, -0.2) is 21.9 Å². The van der Waals surface area contributed by atoms with Crippen molar-refractivity contribution in [3.05, 3.63) is 37.1 Å². The third-order valence-corrected chi connectivity index (χ3v) is 3.98. The fraction of sp³-hybridized carbons (Fsp3) is 0.222. The monoisotopic (exact) mass is 213 g/mol. The lowest BCUT2D eigenvalue weighted by Crippen LogP contribution is -2.01. The summed E-state index contributed by atoms with van der Waals surface area (Å²) in [5.74, 6) is 0. The molecule has 0 fully saturated rings. The first-order valence-electron chi connectivity index (χ1n) is 3.84. The van der Waals surface area contributed by atoms with E-state index in [-0.39, 0.29) is 11.9 Å². The molecule has 1 heterocycles. The van der Waals surface area contributed by atoms with E-state index in [0.717, 1.165) is 5.03 Å². The first-order chi connectivity index (χ1) is 6.36. The summed E-state index contributed by atoms with van der Waals surface area (Å²) in [7, 11) is 3.11. The molecule has 0 saturated carbocycles. The maximum Gasteiger partial charge on any atom is 0.106 e. The Morgan fingerprint density at radius 1 is 1.62 bits per heavy atom. The highest BCUT2D eigenvalue weighted by Crippen LogP contribution is 2.32. The Kier molecular flexibility index (Phi) is 4.97. The van der Waals surface area contributed by atoms with Crippen LogP contribution in [0.15, 0.2) is 42.1 Å².